The highest BCUT2D eigenvalue weighted by molar-refractivity contribution is 6.34. The Labute approximate surface area is 197 Å². The quantitative estimate of drug-likeness (QED) is 0.406. The number of ether oxygens (including phenoxy) is 1. The Kier molecular flexibility index (Phi) is 7.54. The molecule has 1 amide bonds. The average molecular weight is 479 g/mol. The zero-order valence-corrected chi connectivity index (χ0v) is 20.1. The molecular formula is C23H31ClN4O5. The smallest absolute Gasteiger partial charge is 0.407 e. The molecule has 1 heterocycles. The van der Waals surface area contributed by atoms with Gasteiger partial charge in [0.2, 0.25) is 5.43 Å². The Balaban J connectivity index is 1.60. The van der Waals surface area contributed by atoms with Crippen molar-refractivity contribution in [1.82, 2.24) is 15.2 Å². The number of benzene rings is 1. The number of carbonyl (C=O) groups is 2. The molecule has 1 aromatic heterocycles. The number of aromatic nitrogens is 1. The summed E-state index contributed by atoms with van der Waals surface area (Å²) >= 11 is 6.45. The Morgan fingerprint density at radius 3 is 2.58 bits per heavy atom. The maximum absolute atomic E-state index is 12.7. The fraction of sp³-hybridized carbons (Fsp3) is 0.522. The van der Waals surface area contributed by atoms with Gasteiger partial charge in [-0.2, -0.15) is 0 Å². The third kappa shape index (κ3) is 6.61. The summed E-state index contributed by atoms with van der Waals surface area (Å²) in [6.45, 7) is 8.93. The van der Waals surface area contributed by atoms with Gasteiger partial charge in [-0.15, -0.1) is 0 Å². The Hall–Kier alpha value is -2.78. The minimum absolute atomic E-state index is 0.126. The molecule has 1 atom stereocenters. The van der Waals surface area contributed by atoms with Gasteiger partial charge in [-0.1, -0.05) is 11.6 Å². The highest BCUT2D eigenvalue weighted by Gasteiger charge is 2.27. The van der Waals surface area contributed by atoms with Crippen LogP contribution in [0.4, 0.5) is 10.5 Å². The van der Waals surface area contributed by atoms with E-state index in [9.17, 15) is 19.5 Å². The van der Waals surface area contributed by atoms with E-state index in [1.165, 1.54) is 6.20 Å². The van der Waals surface area contributed by atoms with E-state index < -0.39 is 23.1 Å². The number of amides is 1. The molecule has 0 radical (unpaired) electrons. The van der Waals surface area contributed by atoms with Crippen LogP contribution in [0.25, 0.3) is 10.9 Å². The number of nitrogens with zero attached hydrogens (tertiary/aromatic N) is 1. The maximum Gasteiger partial charge on any atom is 0.407 e. The van der Waals surface area contributed by atoms with Gasteiger partial charge in [-0.05, 0) is 52.7 Å². The van der Waals surface area contributed by atoms with Crippen molar-refractivity contribution in [2.75, 3.05) is 25.0 Å². The van der Waals surface area contributed by atoms with Crippen molar-refractivity contribution >= 4 is 40.3 Å². The first-order valence-corrected chi connectivity index (χ1v) is 11.4. The Morgan fingerprint density at radius 2 is 1.97 bits per heavy atom. The van der Waals surface area contributed by atoms with Crippen molar-refractivity contribution in [3.63, 3.8) is 0 Å². The number of nitrogens with one attached hydrogen (secondary N) is 3. The summed E-state index contributed by atoms with van der Waals surface area (Å²) in [5.74, 6) is -1.24. The van der Waals surface area contributed by atoms with Crippen LogP contribution in [0.3, 0.4) is 0 Å². The minimum atomic E-state index is -1.24. The van der Waals surface area contributed by atoms with Gasteiger partial charge in [0, 0.05) is 43.3 Å². The highest BCUT2D eigenvalue weighted by Crippen LogP contribution is 2.38. The highest BCUT2D eigenvalue weighted by atomic mass is 35.5. The normalized spacial score (nSPS) is 14.7. The molecular weight excluding hydrogens is 448 g/mol. The van der Waals surface area contributed by atoms with Gasteiger partial charge in [-0.25, -0.2) is 9.59 Å². The lowest BCUT2D eigenvalue weighted by molar-refractivity contribution is 0.0507. The summed E-state index contributed by atoms with van der Waals surface area (Å²) in [7, 11) is 0. The predicted octanol–water partition coefficient (Wildman–Crippen LogP) is 3.60. The van der Waals surface area contributed by atoms with E-state index in [1.54, 1.807) is 12.1 Å². The molecule has 0 spiro atoms. The van der Waals surface area contributed by atoms with Gasteiger partial charge in [0.05, 0.1) is 16.2 Å². The summed E-state index contributed by atoms with van der Waals surface area (Å²) in [5.41, 5.74) is -0.103. The second kappa shape index (κ2) is 10.0. The SMILES string of the molecule is CC(CNCCNc1cc2c(=O)c(C(=O)O)cn(C3CC3)c2cc1Cl)NC(=O)OC(C)(C)C. The van der Waals surface area contributed by atoms with Gasteiger partial charge >= 0.3 is 12.1 Å². The first-order chi connectivity index (χ1) is 15.5. The molecule has 180 valence electrons. The number of fused-ring (bicyclic) bond motifs is 1. The molecule has 0 saturated heterocycles. The van der Waals surface area contributed by atoms with Crippen molar-refractivity contribution in [1.29, 1.82) is 0 Å². The molecule has 3 rings (SSSR count). The number of anilines is 1. The predicted molar refractivity (Wildman–Crippen MR) is 129 cm³/mol. The number of pyridine rings is 1. The van der Waals surface area contributed by atoms with Gasteiger partial charge in [0.15, 0.2) is 0 Å². The molecule has 33 heavy (non-hydrogen) atoms. The van der Waals surface area contributed by atoms with Crippen molar-refractivity contribution in [2.45, 2.75) is 58.2 Å². The van der Waals surface area contributed by atoms with Gasteiger partial charge in [-0.3, -0.25) is 4.79 Å². The van der Waals surface area contributed by atoms with Crippen LogP contribution in [0.2, 0.25) is 5.02 Å². The maximum atomic E-state index is 12.7. The summed E-state index contributed by atoms with van der Waals surface area (Å²) in [4.78, 5) is 36.1. The summed E-state index contributed by atoms with van der Waals surface area (Å²) in [6, 6.07) is 3.41. The topological polar surface area (TPSA) is 122 Å². The Morgan fingerprint density at radius 1 is 1.27 bits per heavy atom. The van der Waals surface area contributed by atoms with Crippen LogP contribution < -0.4 is 21.4 Å². The van der Waals surface area contributed by atoms with E-state index >= 15 is 0 Å². The molecule has 0 aliphatic heterocycles. The van der Waals surface area contributed by atoms with E-state index in [4.69, 9.17) is 16.3 Å². The molecule has 1 fully saturated rings. The van der Waals surface area contributed by atoms with Crippen LogP contribution in [0, 0.1) is 0 Å². The molecule has 0 bridgehead atoms. The van der Waals surface area contributed by atoms with E-state index in [0.29, 0.717) is 41.2 Å². The fourth-order valence-electron chi connectivity index (χ4n) is 3.48. The number of carboxylic acid groups (broad SMARTS) is 1. The molecule has 4 N–H and O–H groups in total. The molecule has 1 aliphatic carbocycles. The zero-order valence-electron chi connectivity index (χ0n) is 19.3. The van der Waals surface area contributed by atoms with E-state index in [-0.39, 0.29) is 17.6 Å². The molecule has 9 nitrogen and oxygen atoms in total. The molecule has 1 saturated carbocycles. The largest absolute Gasteiger partial charge is 0.477 e. The first kappa shape index (κ1) is 24.9. The number of alkyl carbamates (subject to hydrolysis) is 1. The molecule has 1 aromatic carbocycles. The number of carbonyl (C=O) groups excluding carboxylic acids is 1. The number of carboxylic acids is 1. The third-order valence-electron chi connectivity index (χ3n) is 5.12. The van der Waals surface area contributed by atoms with E-state index in [0.717, 1.165) is 12.8 Å². The second-order valence-electron chi connectivity index (χ2n) is 9.34. The monoisotopic (exact) mass is 478 g/mol. The zero-order chi connectivity index (χ0) is 24.3. The number of hydrogen-bond acceptors (Lipinski definition) is 6. The lowest BCUT2D eigenvalue weighted by Gasteiger charge is -2.22. The first-order valence-electron chi connectivity index (χ1n) is 11.0. The van der Waals surface area contributed by atoms with Crippen LogP contribution in [0.5, 0.6) is 0 Å². The third-order valence-corrected chi connectivity index (χ3v) is 5.44. The second-order valence-corrected chi connectivity index (χ2v) is 9.75. The van der Waals surface area contributed by atoms with Crippen molar-refractivity contribution in [3.8, 4) is 0 Å². The minimum Gasteiger partial charge on any atom is -0.477 e. The number of hydrogen-bond donors (Lipinski definition) is 4. The van der Waals surface area contributed by atoms with Crippen LogP contribution in [-0.2, 0) is 4.74 Å². The van der Waals surface area contributed by atoms with Crippen LogP contribution in [0.15, 0.2) is 23.1 Å². The van der Waals surface area contributed by atoms with Gasteiger partial charge < -0.3 is 30.4 Å². The summed E-state index contributed by atoms with van der Waals surface area (Å²) < 4.78 is 7.08. The van der Waals surface area contributed by atoms with Crippen LogP contribution in [-0.4, -0.2) is 53.0 Å². The van der Waals surface area contributed by atoms with E-state index in [2.05, 4.69) is 16.0 Å². The van der Waals surface area contributed by atoms with Crippen LogP contribution in [0.1, 0.15) is 56.9 Å². The number of halogens is 1. The number of rotatable bonds is 9. The van der Waals surface area contributed by atoms with Crippen molar-refractivity contribution in [2.24, 2.45) is 0 Å². The van der Waals surface area contributed by atoms with E-state index in [1.807, 2.05) is 32.3 Å². The van der Waals surface area contributed by atoms with Crippen molar-refractivity contribution in [3.05, 3.63) is 39.1 Å². The molecule has 10 heteroatoms. The molecule has 1 aliphatic rings. The lowest BCUT2D eigenvalue weighted by Crippen LogP contribution is -2.43. The lowest BCUT2D eigenvalue weighted by atomic mass is 10.1. The fourth-order valence-corrected chi connectivity index (χ4v) is 3.70. The van der Waals surface area contributed by atoms with Gasteiger partial charge in [0.25, 0.3) is 0 Å². The summed E-state index contributed by atoms with van der Waals surface area (Å²) in [5, 5.41) is 19.4. The Bertz CT molecular complexity index is 1100. The summed E-state index contributed by atoms with van der Waals surface area (Å²) in [6.07, 6.45) is 2.85. The van der Waals surface area contributed by atoms with Crippen molar-refractivity contribution < 1.29 is 19.4 Å². The average Bonchev–Trinajstić information content (AvgIpc) is 3.52. The number of aromatic carboxylic acids is 1. The van der Waals surface area contributed by atoms with Crippen LogP contribution >= 0.6 is 11.6 Å². The molecule has 2 aromatic rings. The standard InChI is InChI=1S/C23H31ClN4O5/c1-13(27-22(32)33-23(2,3)4)11-25-7-8-26-18-9-15-19(10-17(18)24)28(14-5-6-14)12-16(20(15)29)21(30)31/h9-10,12-14,25-26H,5-8,11H2,1-4H3,(H,27,32)(H,30,31). The molecule has 1 unspecified atom stereocenters. The van der Waals surface area contributed by atoms with Gasteiger partial charge in [0.1, 0.15) is 11.2 Å².